The molecule has 3 rings (SSSR count). The van der Waals surface area contributed by atoms with Crippen LogP contribution in [0.2, 0.25) is 0 Å². The SMILES string of the molecule is Cc1c(CNC2CC2)sc2cc(F)c(F)cc12. The number of thiophene rings is 1. The molecule has 0 aliphatic heterocycles. The Kier molecular flexibility index (Phi) is 2.64. The summed E-state index contributed by atoms with van der Waals surface area (Å²) in [6.45, 7) is 2.78. The summed E-state index contributed by atoms with van der Waals surface area (Å²) in [5.41, 5.74) is 1.07. The van der Waals surface area contributed by atoms with E-state index in [1.165, 1.54) is 29.9 Å². The van der Waals surface area contributed by atoms with Crippen molar-refractivity contribution in [2.24, 2.45) is 0 Å². The third-order valence-corrected chi connectivity index (χ3v) is 4.46. The van der Waals surface area contributed by atoms with Crippen LogP contribution in [-0.2, 0) is 6.54 Å². The molecule has 1 nitrogen and oxygen atoms in total. The van der Waals surface area contributed by atoms with Crippen molar-refractivity contribution in [2.45, 2.75) is 32.4 Å². The van der Waals surface area contributed by atoms with Gasteiger partial charge in [0.15, 0.2) is 11.6 Å². The van der Waals surface area contributed by atoms with Crippen molar-refractivity contribution in [2.75, 3.05) is 0 Å². The van der Waals surface area contributed by atoms with Crippen LogP contribution in [0, 0.1) is 18.6 Å². The maximum atomic E-state index is 13.2. The van der Waals surface area contributed by atoms with Gasteiger partial charge < -0.3 is 5.32 Å². The van der Waals surface area contributed by atoms with E-state index in [0.29, 0.717) is 6.04 Å². The molecule has 0 radical (unpaired) electrons. The standard InChI is InChI=1S/C13H13F2NS/c1-7-9-4-10(14)11(15)5-12(9)17-13(7)6-16-8-2-3-8/h4-5,8,16H,2-3,6H2,1H3. The second-order valence-corrected chi connectivity index (χ2v) is 5.70. The van der Waals surface area contributed by atoms with Crippen molar-refractivity contribution in [1.82, 2.24) is 5.32 Å². The van der Waals surface area contributed by atoms with Crippen molar-refractivity contribution in [3.8, 4) is 0 Å². The van der Waals surface area contributed by atoms with Crippen LogP contribution in [0.1, 0.15) is 23.3 Å². The van der Waals surface area contributed by atoms with E-state index in [0.717, 1.165) is 22.2 Å². The Balaban J connectivity index is 1.98. The number of hydrogen-bond acceptors (Lipinski definition) is 2. The summed E-state index contributed by atoms with van der Waals surface area (Å²) in [5.74, 6) is -1.53. The molecule has 0 unspecified atom stereocenters. The Bertz CT molecular complexity index is 572. The molecule has 1 aromatic heterocycles. The number of fused-ring (bicyclic) bond motifs is 1. The highest BCUT2D eigenvalue weighted by Gasteiger charge is 2.21. The summed E-state index contributed by atoms with van der Waals surface area (Å²) in [4.78, 5) is 1.18. The van der Waals surface area contributed by atoms with Crippen LogP contribution in [0.15, 0.2) is 12.1 Å². The fraction of sp³-hybridized carbons (Fsp3) is 0.385. The van der Waals surface area contributed by atoms with Crippen molar-refractivity contribution < 1.29 is 8.78 Å². The Morgan fingerprint density at radius 2 is 2.00 bits per heavy atom. The normalized spacial score (nSPS) is 15.7. The van der Waals surface area contributed by atoms with Crippen molar-refractivity contribution in [3.63, 3.8) is 0 Å². The molecular weight excluding hydrogens is 240 g/mol. The van der Waals surface area contributed by atoms with E-state index in [1.54, 1.807) is 11.3 Å². The molecule has 1 saturated carbocycles. The van der Waals surface area contributed by atoms with E-state index in [4.69, 9.17) is 0 Å². The van der Waals surface area contributed by atoms with Crippen LogP contribution >= 0.6 is 11.3 Å². The quantitative estimate of drug-likeness (QED) is 0.878. The number of nitrogens with one attached hydrogen (secondary N) is 1. The van der Waals surface area contributed by atoms with E-state index >= 15 is 0 Å². The van der Waals surface area contributed by atoms with E-state index in [9.17, 15) is 8.78 Å². The van der Waals surface area contributed by atoms with Crippen LogP contribution in [0.3, 0.4) is 0 Å². The predicted molar refractivity (Wildman–Crippen MR) is 66.3 cm³/mol. The number of hydrogen-bond donors (Lipinski definition) is 1. The molecule has 1 aromatic carbocycles. The minimum atomic E-state index is -0.764. The Labute approximate surface area is 102 Å². The predicted octanol–water partition coefficient (Wildman–Crippen LogP) is 3.74. The van der Waals surface area contributed by atoms with Gasteiger partial charge in [0.2, 0.25) is 0 Å². The van der Waals surface area contributed by atoms with Gasteiger partial charge in [-0.15, -0.1) is 11.3 Å². The first-order chi connectivity index (χ1) is 8.15. The lowest BCUT2D eigenvalue weighted by Gasteiger charge is -2.00. The van der Waals surface area contributed by atoms with Gasteiger partial charge in [-0.05, 0) is 42.8 Å². The van der Waals surface area contributed by atoms with Crippen LogP contribution in [0.5, 0.6) is 0 Å². The number of rotatable bonds is 3. The lowest BCUT2D eigenvalue weighted by atomic mass is 10.1. The number of aryl methyl sites for hydroxylation is 1. The molecular formula is C13H13F2NS. The topological polar surface area (TPSA) is 12.0 Å². The Morgan fingerprint density at radius 1 is 1.29 bits per heavy atom. The first kappa shape index (κ1) is 11.1. The molecule has 4 heteroatoms. The molecule has 0 bridgehead atoms. The molecule has 1 heterocycles. The average molecular weight is 253 g/mol. The summed E-state index contributed by atoms with van der Waals surface area (Å²) in [6, 6.07) is 3.24. The van der Waals surface area contributed by atoms with Gasteiger partial charge in [0.25, 0.3) is 0 Å². The van der Waals surface area contributed by atoms with Crippen molar-refractivity contribution in [3.05, 3.63) is 34.2 Å². The summed E-state index contributed by atoms with van der Waals surface area (Å²) < 4.78 is 27.1. The maximum Gasteiger partial charge on any atom is 0.160 e. The molecule has 0 amide bonds. The van der Waals surface area contributed by atoms with Gasteiger partial charge in [0.05, 0.1) is 0 Å². The smallest absolute Gasteiger partial charge is 0.160 e. The molecule has 1 N–H and O–H groups in total. The highest BCUT2D eigenvalue weighted by atomic mass is 32.1. The Hall–Kier alpha value is -1.00. The van der Waals surface area contributed by atoms with Gasteiger partial charge in [-0.2, -0.15) is 0 Å². The Morgan fingerprint density at radius 3 is 2.71 bits per heavy atom. The molecule has 0 spiro atoms. The number of benzene rings is 1. The first-order valence-corrected chi connectivity index (χ1v) is 6.57. The molecule has 90 valence electrons. The van der Waals surface area contributed by atoms with E-state index < -0.39 is 11.6 Å². The minimum absolute atomic E-state index is 0.646. The second-order valence-electron chi connectivity index (χ2n) is 4.57. The third kappa shape index (κ3) is 2.07. The zero-order chi connectivity index (χ0) is 12.0. The molecule has 1 fully saturated rings. The monoisotopic (exact) mass is 253 g/mol. The van der Waals surface area contributed by atoms with Gasteiger partial charge in [-0.25, -0.2) is 8.78 Å². The molecule has 17 heavy (non-hydrogen) atoms. The molecule has 1 aliphatic carbocycles. The van der Waals surface area contributed by atoms with Crippen LogP contribution in [0.4, 0.5) is 8.78 Å². The maximum absolute atomic E-state index is 13.2. The average Bonchev–Trinajstić information content (AvgIpc) is 3.07. The van der Waals surface area contributed by atoms with E-state index in [1.807, 2.05) is 6.92 Å². The van der Waals surface area contributed by atoms with Gasteiger partial charge in [-0.3, -0.25) is 0 Å². The molecule has 0 saturated heterocycles. The highest BCUT2D eigenvalue weighted by Crippen LogP contribution is 2.33. The van der Waals surface area contributed by atoms with Crippen LogP contribution in [0.25, 0.3) is 10.1 Å². The van der Waals surface area contributed by atoms with Crippen molar-refractivity contribution in [1.29, 1.82) is 0 Å². The van der Waals surface area contributed by atoms with Gasteiger partial charge in [-0.1, -0.05) is 0 Å². The lowest BCUT2D eigenvalue weighted by Crippen LogP contribution is -2.14. The fourth-order valence-electron chi connectivity index (χ4n) is 1.96. The van der Waals surface area contributed by atoms with Crippen molar-refractivity contribution >= 4 is 21.4 Å². The largest absolute Gasteiger partial charge is 0.309 e. The van der Waals surface area contributed by atoms with E-state index in [2.05, 4.69) is 5.32 Å². The number of halogens is 2. The summed E-state index contributed by atoms with van der Waals surface area (Å²) in [6.07, 6.45) is 2.49. The zero-order valence-electron chi connectivity index (χ0n) is 9.52. The fourth-order valence-corrected chi connectivity index (χ4v) is 3.13. The highest BCUT2D eigenvalue weighted by molar-refractivity contribution is 7.19. The molecule has 0 atom stereocenters. The third-order valence-electron chi connectivity index (χ3n) is 3.21. The minimum Gasteiger partial charge on any atom is -0.309 e. The summed E-state index contributed by atoms with van der Waals surface area (Å²) in [5, 5.41) is 4.26. The van der Waals surface area contributed by atoms with E-state index in [-0.39, 0.29) is 0 Å². The molecule has 2 aromatic rings. The summed E-state index contributed by atoms with van der Waals surface area (Å²) >= 11 is 1.55. The van der Waals surface area contributed by atoms with Gasteiger partial charge in [0.1, 0.15) is 0 Å². The zero-order valence-corrected chi connectivity index (χ0v) is 10.3. The van der Waals surface area contributed by atoms with Gasteiger partial charge in [0, 0.05) is 22.2 Å². The van der Waals surface area contributed by atoms with Gasteiger partial charge >= 0.3 is 0 Å². The first-order valence-electron chi connectivity index (χ1n) is 5.75. The van der Waals surface area contributed by atoms with Crippen LogP contribution in [-0.4, -0.2) is 6.04 Å². The summed E-state index contributed by atoms with van der Waals surface area (Å²) in [7, 11) is 0. The lowest BCUT2D eigenvalue weighted by molar-refractivity contribution is 0.511. The van der Waals surface area contributed by atoms with Crippen LogP contribution < -0.4 is 5.32 Å². The second kappa shape index (κ2) is 4.03. The molecule has 1 aliphatic rings.